The van der Waals surface area contributed by atoms with Gasteiger partial charge in [0, 0.05) is 61.5 Å². The SMILES string of the molecule is C=C(O)CCC(=O)N1c2ccc(S(=O)(=O)N3CCN(c4cccc(Cl)c4)CC3)cc2CC1C. The first-order valence-corrected chi connectivity index (χ1v) is 12.8. The van der Waals surface area contributed by atoms with E-state index in [0.29, 0.717) is 37.6 Å². The molecule has 7 nitrogen and oxygen atoms in total. The number of hydrogen-bond donors (Lipinski definition) is 1. The average molecular weight is 490 g/mol. The standard InChI is InChI=1S/C24H28ClN3O4S/c1-17-14-19-15-22(7-8-23(19)28(17)24(30)9-6-18(2)29)33(31,32)27-12-10-26(11-13-27)21-5-3-4-20(25)16-21/h3-5,7-8,15-17,29H,2,6,9-14H2,1H3. The molecule has 0 bridgehead atoms. The minimum Gasteiger partial charge on any atom is -0.513 e. The number of allylic oxidation sites excluding steroid dienone is 1. The minimum atomic E-state index is -3.64. The number of piperazine rings is 1. The zero-order valence-corrected chi connectivity index (χ0v) is 20.1. The number of amides is 1. The van der Waals surface area contributed by atoms with Crippen LogP contribution < -0.4 is 9.80 Å². The van der Waals surface area contributed by atoms with Crippen molar-refractivity contribution in [2.75, 3.05) is 36.0 Å². The van der Waals surface area contributed by atoms with Gasteiger partial charge in [0.15, 0.2) is 0 Å². The molecule has 4 rings (SSSR count). The number of rotatable bonds is 6. The molecule has 176 valence electrons. The molecule has 9 heteroatoms. The molecule has 1 atom stereocenters. The highest BCUT2D eigenvalue weighted by molar-refractivity contribution is 7.89. The number of aliphatic hydroxyl groups excluding tert-OH is 1. The van der Waals surface area contributed by atoms with Crippen LogP contribution in [0.15, 0.2) is 59.7 Å². The predicted octanol–water partition coefficient (Wildman–Crippen LogP) is 3.98. The Morgan fingerprint density at radius 3 is 2.52 bits per heavy atom. The van der Waals surface area contributed by atoms with Crippen LogP contribution >= 0.6 is 11.6 Å². The molecule has 1 fully saturated rings. The Labute approximate surface area is 199 Å². The van der Waals surface area contributed by atoms with Crippen molar-refractivity contribution in [1.82, 2.24) is 4.31 Å². The Bertz CT molecular complexity index is 1180. The summed E-state index contributed by atoms with van der Waals surface area (Å²) in [7, 11) is -3.64. The maximum atomic E-state index is 13.3. The topological polar surface area (TPSA) is 81.2 Å². The Kier molecular flexibility index (Phi) is 6.70. The lowest BCUT2D eigenvalue weighted by atomic mass is 10.1. The Morgan fingerprint density at radius 1 is 1.12 bits per heavy atom. The summed E-state index contributed by atoms with van der Waals surface area (Å²) in [6, 6.07) is 12.5. The molecule has 2 aliphatic heterocycles. The molecule has 1 unspecified atom stereocenters. The normalized spacial score (nSPS) is 18.9. The van der Waals surface area contributed by atoms with Gasteiger partial charge in [0.1, 0.15) is 0 Å². The number of halogens is 1. The number of anilines is 2. The van der Waals surface area contributed by atoms with Crippen LogP contribution in [0.4, 0.5) is 11.4 Å². The zero-order chi connectivity index (χ0) is 23.8. The fourth-order valence-electron chi connectivity index (χ4n) is 4.53. The maximum Gasteiger partial charge on any atom is 0.243 e. The summed E-state index contributed by atoms with van der Waals surface area (Å²) in [6.07, 6.45) is 0.966. The third-order valence-electron chi connectivity index (χ3n) is 6.21. The van der Waals surface area contributed by atoms with Gasteiger partial charge in [0.25, 0.3) is 0 Å². The molecule has 0 aromatic heterocycles. The molecule has 33 heavy (non-hydrogen) atoms. The Hall–Kier alpha value is -2.55. The van der Waals surface area contributed by atoms with E-state index in [1.54, 1.807) is 23.1 Å². The van der Waals surface area contributed by atoms with Crippen LogP contribution in [0.2, 0.25) is 5.02 Å². The van der Waals surface area contributed by atoms with Gasteiger partial charge < -0.3 is 14.9 Å². The van der Waals surface area contributed by atoms with Crippen LogP contribution in [0.5, 0.6) is 0 Å². The maximum absolute atomic E-state index is 13.3. The number of nitrogens with zero attached hydrogens (tertiary/aromatic N) is 3. The molecular formula is C24H28ClN3O4S. The molecule has 0 saturated carbocycles. The summed E-state index contributed by atoms with van der Waals surface area (Å²) in [5.41, 5.74) is 2.57. The lowest BCUT2D eigenvalue weighted by molar-refractivity contribution is -0.119. The van der Waals surface area contributed by atoms with E-state index in [1.807, 2.05) is 31.2 Å². The van der Waals surface area contributed by atoms with Crippen molar-refractivity contribution in [1.29, 1.82) is 0 Å². The average Bonchev–Trinajstić information content (AvgIpc) is 3.12. The summed E-state index contributed by atoms with van der Waals surface area (Å²) in [5, 5.41) is 9.96. The van der Waals surface area contributed by atoms with Gasteiger partial charge in [-0.15, -0.1) is 0 Å². The first-order valence-electron chi connectivity index (χ1n) is 11.0. The lowest BCUT2D eigenvalue weighted by Gasteiger charge is -2.35. The number of benzene rings is 2. The van der Waals surface area contributed by atoms with Crippen LogP contribution in [0, 0.1) is 0 Å². The van der Waals surface area contributed by atoms with Crippen LogP contribution in [-0.4, -0.2) is 56.0 Å². The van der Waals surface area contributed by atoms with Gasteiger partial charge in [-0.25, -0.2) is 8.42 Å². The fraction of sp³-hybridized carbons (Fsp3) is 0.375. The number of hydrogen-bond acceptors (Lipinski definition) is 5. The highest BCUT2D eigenvalue weighted by atomic mass is 35.5. The van der Waals surface area contributed by atoms with E-state index in [4.69, 9.17) is 11.6 Å². The van der Waals surface area contributed by atoms with E-state index >= 15 is 0 Å². The van der Waals surface area contributed by atoms with Crippen LogP contribution in [0.1, 0.15) is 25.3 Å². The molecule has 0 spiro atoms. The molecule has 1 N–H and O–H groups in total. The van der Waals surface area contributed by atoms with Gasteiger partial charge in [-0.3, -0.25) is 4.79 Å². The Balaban J connectivity index is 1.48. The number of sulfonamides is 1. The van der Waals surface area contributed by atoms with E-state index in [-0.39, 0.29) is 35.4 Å². The largest absolute Gasteiger partial charge is 0.513 e. The van der Waals surface area contributed by atoms with E-state index in [0.717, 1.165) is 16.9 Å². The number of aliphatic hydroxyl groups is 1. The van der Waals surface area contributed by atoms with Crippen molar-refractivity contribution in [3.8, 4) is 0 Å². The minimum absolute atomic E-state index is 0.0210. The van der Waals surface area contributed by atoms with Crippen molar-refractivity contribution < 1.29 is 18.3 Å². The Morgan fingerprint density at radius 2 is 1.85 bits per heavy atom. The van der Waals surface area contributed by atoms with Crippen LogP contribution in [0.3, 0.4) is 0 Å². The molecule has 1 saturated heterocycles. The summed E-state index contributed by atoms with van der Waals surface area (Å²) >= 11 is 6.09. The molecule has 2 aromatic carbocycles. The highest BCUT2D eigenvalue weighted by Crippen LogP contribution is 2.35. The van der Waals surface area contributed by atoms with E-state index in [2.05, 4.69) is 11.5 Å². The molecule has 0 radical (unpaired) electrons. The molecule has 1 amide bonds. The monoisotopic (exact) mass is 489 g/mol. The van der Waals surface area contributed by atoms with Crippen LogP contribution in [-0.2, 0) is 21.2 Å². The van der Waals surface area contributed by atoms with Gasteiger partial charge in [0.2, 0.25) is 15.9 Å². The van der Waals surface area contributed by atoms with Gasteiger partial charge in [0.05, 0.1) is 10.7 Å². The zero-order valence-electron chi connectivity index (χ0n) is 18.6. The van der Waals surface area contributed by atoms with Crippen LogP contribution in [0.25, 0.3) is 0 Å². The lowest BCUT2D eigenvalue weighted by Crippen LogP contribution is -2.48. The van der Waals surface area contributed by atoms with Gasteiger partial charge >= 0.3 is 0 Å². The van der Waals surface area contributed by atoms with E-state index in [9.17, 15) is 18.3 Å². The summed E-state index contributed by atoms with van der Waals surface area (Å²) in [6.45, 7) is 7.31. The molecule has 2 aliphatic rings. The second-order valence-corrected chi connectivity index (χ2v) is 10.9. The molecular weight excluding hydrogens is 462 g/mol. The van der Waals surface area contributed by atoms with Crippen molar-refractivity contribution in [3.05, 3.63) is 65.4 Å². The molecule has 2 heterocycles. The van der Waals surface area contributed by atoms with E-state index in [1.165, 1.54) is 4.31 Å². The van der Waals surface area contributed by atoms with Crippen molar-refractivity contribution >= 4 is 38.9 Å². The van der Waals surface area contributed by atoms with Crippen molar-refractivity contribution in [2.45, 2.75) is 37.1 Å². The predicted molar refractivity (Wildman–Crippen MR) is 131 cm³/mol. The molecule has 2 aromatic rings. The molecule has 0 aliphatic carbocycles. The van der Waals surface area contributed by atoms with Crippen molar-refractivity contribution in [3.63, 3.8) is 0 Å². The summed E-state index contributed by atoms with van der Waals surface area (Å²) < 4.78 is 28.2. The fourth-order valence-corrected chi connectivity index (χ4v) is 6.19. The number of carbonyl (C=O) groups is 1. The first-order chi connectivity index (χ1) is 15.7. The van der Waals surface area contributed by atoms with E-state index < -0.39 is 10.0 Å². The van der Waals surface area contributed by atoms with Crippen molar-refractivity contribution in [2.24, 2.45) is 0 Å². The smallest absolute Gasteiger partial charge is 0.243 e. The summed E-state index contributed by atoms with van der Waals surface area (Å²) in [4.78, 5) is 16.7. The first kappa shape index (κ1) is 23.6. The highest BCUT2D eigenvalue weighted by Gasteiger charge is 2.34. The van der Waals surface area contributed by atoms with Gasteiger partial charge in [-0.2, -0.15) is 4.31 Å². The quantitative estimate of drug-likeness (QED) is 0.621. The van der Waals surface area contributed by atoms with Gasteiger partial charge in [-0.1, -0.05) is 24.2 Å². The van der Waals surface area contributed by atoms with Gasteiger partial charge in [-0.05, 0) is 55.3 Å². The second kappa shape index (κ2) is 9.37. The summed E-state index contributed by atoms with van der Waals surface area (Å²) in [5.74, 6) is -0.128. The third kappa shape index (κ3) is 4.88. The third-order valence-corrected chi connectivity index (χ3v) is 8.34. The number of carbonyl (C=O) groups excluding carboxylic acids is 1. The second-order valence-electron chi connectivity index (χ2n) is 8.54. The number of fused-ring (bicyclic) bond motifs is 1.